The average Bonchev–Trinajstić information content (AvgIpc) is 2.31. The van der Waals surface area contributed by atoms with Crippen molar-refractivity contribution in [3.8, 4) is 0 Å². The van der Waals surface area contributed by atoms with Crippen molar-refractivity contribution in [2.24, 2.45) is 11.7 Å². The Kier molecular flexibility index (Phi) is 4.37. The van der Waals surface area contributed by atoms with Gasteiger partial charge in [-0.3, -0.25) is 10.3 Å². The van der Waals surface area contributed by atoms with Gasteiger partial charge in [-0.05, 0) is 31.4 Å². The number of nitrogens with one attached hydrogen (secondary N) is 1. The summed E-state index contributed by atoms with van der Waals surface area (Å²) in [6, 6.07) is 10.6. The SMILES string of the molecule is CN(CC1CCC1)C(CC(=N)N)c1ccccc1. The van der Waals surface area contributed by atoms with Crippen LogP contribution in [0.15, 0.2) is 30.3 Å². The molecule has 3 N–H and O–H groups in total. The summed E-state index contributed by atoms with van der Waals surface area (Å²) in [6.45, 7) is 1.12. The monoisotopic (exact) mass is 245 g/mol. The summed E-state index contributed by atoms with van der Waals surface area (Å²) in [5.41, 5.74) is 6.86. The zero-order valence-electron chi connectivity index (χ0n) is 11.1. The first-order chi connectivity index (χ1) is 8.66. The maximum absolute atomic E-state index is 7.56. The van der Waals surface area contributed by atoms with Gasteiger partial charge in [0.1, 0.15) is 0 Å². The third-order valence-electron chi connectivity index (χ3n) is 3.90. The fourth-order valence-electron chi connectivity index (χ4n) is 2.62. The summed E-state index contributed by atoms with van der Waals surface area (Å²) < 4.78 is 0. The number of hydrogen-bond donors (Lipinski definition) is 2. The molecule has 1 fully saturated rings. The Balaban J connectivity index is 2.06. The minimum absolute atomic E-state index is 0.240. The molecule has 1 aliphatic carbocycles. The standard InChI is InChI=1S/C15H23N3/c1-18(11-12-6-5-7-12)14(10-15(16)17)13-8-3-2-4-9-13/h2-4,8-9,12,14H,5-7,10-11H2,1H3,(H3,16,17). The van der Waals surface area contributed by atoms with Crippen LogP contribution in [0.1, 0.15) is 37.3 Å². The van der Waals surface area contributed by atoms with E-state index in [1.54, 1.807) is 0 Å². The van der Waals surface area contributed by atoms with Crippen LogP contribution in [0.4, 0.5) is 0 Å². The predicted molar refractivity (Wildman–Crippen MR) is 75.7 cm³/mol. The number of nitrogens with zero attached hydrogens (tertiary/aromatic N) is 1. The van der Waals surface area contributed by atoms with Gasteiger partial charge in [0.25, 0.3) is 0 Å². The van der Waals surface area contributed by atoms with E-state index in [4.69, 9.17) is 11.1 Å². The lowest BCUT2D eigenvalue weighted by Gasteiger charge is -2.35. The van der Waals surface area contributed by atoms with Gasteiger partial charge in [0, 0.05) is 19.0 Å². The third kappa shape index (κ3) is 3.33. The van der Waals surface area contributed by atoms with E-state index in [0.29, 0.717) is 6.42 Å². The van der Waals surface area contributed by atoms with Crippen LogP contribution in [0.5, 0.6) is 0 Å². The lowest BCUT2D eigenvalue weighted by Crippen LogP contribution is -2.34. The third-order valence-corrected chi connectivity index (χ3v) is 3.90. The van der Waals surface area contributed by atoms with Gasteiger partial charge >= 0.3 is 0 Å². The fourth-order valence-corrected chi connectivity index (χ4v) is 2.62. The molecule has 18 heavy (non-hydrogen) atoms. The first-order valence-corrected chi connectivity index (χ1v) is 6.75. The molecule has 1 aliphatic rings. The highest BCUT2D eigenvalue weighted by atomic mass is 15.1. The van der Waals surface area contributed by atoms with Gasteiger partial charge in [0.2, 0.25) is 0 Å². The van der Waals surface area contributed by atoms with Gasteiger partial charge in [-0.15, -0.1) is 0 Å². The van der Waals surface area contributed by atoms with Crippen molar-refractivity contribution in [2.75, 3.05) is 13.6 Å². The highest BCUT2D eigenvalue weighted by Crippen LogP contribution is 2.30. The Hall–Kier alpha value is -1.35. The molecular weight excluding hydrogens is 222 g/mol. The summed E-state index contributed by atoms with van der Waals surface area (Å²) in [4.78, 5) is 2.36. The number of nitrogens with two attached hydrogens (primary N) is 1. The Labute approximate surface area is 109 Å². The van der Waals surface area contributed by atoms with Crippen LogP contribution in [0, 0.1) is 11.3 Å². The van der Waals surface area contributed by atoms with Crippen molar-refractivity contribution in [3.05, 3.63) is 35.9 Å². The first-order valence-electron chi connectivity index (χ1n) is 6.75. The van der Waals surface area contributed by atoms with Crippen LogP contribution >= 0.6 is 0 Å². The normalized spacial score (nSPS) is 17.4. The predicted octanol–water partition coefficient (Wildman–Crippen LogP) is 2.79. The molecule has 0 radical (unpaired) electrons. The fraction of sp³-hybridized carbons (Fsp3) is 0.533. The maximum atomic E-state index is 7.56. The molecule has 1 saturated carbocycles. The van der Waals surface area contributed by atoms with Crippen LogP contribution in [0.3, 0.4) is 0 Å². The van der Waals surface area contributed by atoms with Gasteiger partial charge in [-0.1, -0.05) is 36.8 Å². The largest absolute Gasteiger partial charge is 0.388 e. The van der Waals surface area contributed by atoms with E-state index in [1.807, 2.05) is 6.07 Å². The summed E-state index contributed by atoms with van der Waals surface area (Å²) in [5.74, 6) is 1.11. The molecule has 1 aromatic carbocycles. The molecule has 0 bridgehead atoms. The van der Waals surface area contributed by atoms with Crippen LogP contribution in [-0.2, 0) is 0 Å². The van der Waals surface area contributed by atoms with E-state index in [-0.39, 0.29) is 11.9 Å². The van der Waals surface area contributed by atoms with Gasteiger partial charge in [-0.2, -0.15) is 0 Å². The Bertz CT molecular complexity index is 384. The number of rotatable bonds is 6. The molecular formula is C15H23N3. The van der Waals surface area contributed by atoms with Gasteiger partial charge < -0.3 is 5.73 Å². The molecule has 0 heterocycles. The Morgan fingerprint density at radius 1 is 1.39 bits per heavy atom. The number of amidine groups is 1. The van der Waals surface area contributed by atoms with E-state index < -0.39 is 0 Å². The molecule has 3 nitrogen and oxygen atoms in total. The van der Waals surface area contributed by atoms with Crippen molar-refractivity contribution in [3.63, 3.8) is 0 Å². The second-order valence-corrected chi connectivity index (χ2v) is 5.39. The molecule has 0 saturated heterocycles. The molecule has 0 aromatic heterocycles. The van der Waals surface area contributed by atoms with Crippen molar-refractivity contribution >= 4 is 5.84 Å². The summed E-state index contributed by atoms with van der Waals surface area (Å²) in [6.07, 6.45) is 4.70. The average molecular weight is 245 g/mol. The van der Waals surface area contributed by atoms with Crippen molar-refractivity contribution < 1.29 is 0 Å². The maximum Gasteiger partial charge on any atom is 0.0924 e. The molecule has 3 heteroatoms. The minimum atomic E-state index is 0.240. The molecule has 0 spiro atoms. The lowest BCUT2D eigenvalue weighted by atomic mass is 9.84. The summed E-state index contributed by atoms with van der Waals surface area (Å²) in [5, 5.41) is 7.56. The lowest BCUT2D eigenvalue weighted by molar-refractivity contribution is 0.164. The van der Waals surface area contributed by atoms with Crippen molar-refractivity contribution in [2.45, 2.75) is 31.7 Å². The Morgan fingerprint density at radius 2 is 2.06 bits per heavy atom. The zero-order chi connectivity index (χ0) is 13.0. The van der Waals surface area contributed by atoms with Crippen LogP contribution in [-0.4, -0.2) is 24.3 Å². The van der Waals surface area contributed by atoms with Crippen LogP contribution in [0.2, 0.25) is 0 Å². The molecule has 1 atom stereocenters. The van der Waals surface area contributed by atoms with Gasteiger partial charge in [0.15, 0.2) is 0 Å². The van der Waals surface area contributed by atoms with Gasteiger partial charge in [-0.25, -0.2) is 0 Å². The minimum Gasteiger partial charge on any atom is -0.388 e. The van der Waals surface area contributed by atoms with E-state index in [1.165, 1.54) is 24.8 Å². The molecule has 0 amide bonds. The molecule has 2 rings (SSSR count). The van der Waals surface area contributed by atoms with Crippen LogP contribution < -0.4 is 5.73 Å². The summed E-state index contributed by atoms with van der Waals surface area (Å²) in [7, 11) is 2.15. The van der Waals surface area contributed by atoms with Crippen molar-refractivity contribution in [1.29, 1.82) is 5.41 Å². The summed E-state index contributed by atoms with van der Waals surface area (Å²) >= 11 is 0. The second-order valence-electron chi connectivity index (χ2n) is 5.39. The van der Waals surface area contributed by atoms with Gasteiger partial charge in [0.05, 0.1) is 5.84 Å². The number of hydrogen-bond acceptors (Lipinski definition) is 2. The second kappa shape index (κ2) is 6.01. The van der Waals surface area contributed by atoms with Crippen molar-refractivity contribution in [1.82, 2.24) is 4.90 Å². The number of benzene rings is 1. The quantitative estimate of drug-likeness (QED) is 0.598. The smallest absolute Gasteiger partial charge is 0.0924 e. The highest BCUT2D eigenvalue weighted by molar-refractivity contribution is 5.77. The van der Waals surface area contributed by atoms with E-state index in [9.17, 15) is 0 Å². The first kappa shape index (κ1) is 13.1. The molecule has 1 aromatic rings. The molecule has 1 unspecified atom stereocenters. The highest BCUT2D eigenvalue weighted by Gasteiger charge is 2.24. The topological polar surface area (TPSA) is 53.1 Å². The van der Waals surface area contributed by atoms with E-state index in [0.717, 1.165) is 12.5 Å². The van der Waals surface area contributed by atoms with E-state index >= 15 is 0 Å². The van der Waals surface area contributed by atoms with Crippen LogP contribution in [0.25, 0.3) is 0 Å². The van der Waals surface area contributed by atoms with E-state index in [2.05, 4.69) is 36.2 Å². The molecule has 0 aliphatic heterocycles. The zero-order valence-corrected chi connectivity index (χ0v) is 11.1. The molecule has 98 valence electrons. The Morgan fingerprint density at radius 3 is 2.56 bits per heavy atom.